The Labute approximate surface area is 83.3 Å². The molecule has 1 heterocycles. The van der Waals surface area contributed by atoms with Crippen LogP contribution in [0.25, 0.3) is 0 Å². The zero-order valence-corrected chi connectivity index (χ0v) is 8.34. The van der Waals surface area contributed by atoms with Gasteiger partial charge in [-0.1, -0.05) is 6.92 Å². The molecule has 3 N–H and O–H groups in total. The SMILES string of the molecule is CCCNCC(=O)NCc1ncc[nH]1. The predicted octanol–water partition coefficient (Wildman–Crippen LogP) is 0.0255. The first-order valence-electron chi connectivity index (χ1n) is 4.78. The quantitative estimate of drug-likeness (QED) is 0.562. The molecule has 0 spiro atoms. The van der Waals surface area contributed by atoms with Gasteiger partial charge in [-0.15, -0.1) is 0 Å². The molecule has 1 amide bonds. The Balaban J connectivity index is 2.09. The van der Waals surface area contributed by atoms with E-state index in [1.807, 2.05) is 0 Å². The highest BCUT2D eigenvalue weighted by Crippen LogP contribution is 1.85. The molecule has 14 heavy (non-hydrogen) atoms. The molecule has 0 aromatic carbocycles. The van der Waals surface area contributed by atoms with E-state index in [2.05, 4.69) is 27.5 Å². The molecule has 0 unspecified atom stereocenters. The summed E-state index contributed by atoms with van der Waals surface area (Å²) in [5.41, 5.74) is 0. The Morgan fingerprint density at radius 2 is 2.50 bits per heavy atom. The van der Waals surface area contributed by atoms with E-state index in [1.54, 1.807) is 12.4 Å². The van der Waals surface area contributed by atoms with Crippen molar-refractivity contribution in [3.05, 3.63) is 18.2 Å². The van der Waals surface area contributed by atoms with Gasteiger partial charge in [0.15, 0.2) is 0 Å². The topological polar surface area (TPSA) is 69.8 Å². The Bertz CT molecular complexity index is 258. The molecular formula is C9H16N4O. The summed E-state index contributed by atoms with van der Waals surface area (Å²) in [6.07, 6.45) is 4.43. The van der Waals surface area contributed by atoms with E-state index in [4.69, 9.17) is 0 Å². The maximum Gasteiger partial charge on any atom is 0.234 e. The van der Waals surface area contributed by atoms with Crippen molar-refractivity contribution in [1.29, 1.82) is 0 Å². The molecule has 0 bridgehead atoms. The van der Waals surface area contributed by atoms with Crippen LogP contribution >= 0.6 is 0 Å². The van der Waals surface area contributed by atoms with E-state index < -0.39 is 0 Å². The Hall–Kier alpha value is -1.36. The van der Waals surface area contributed by atoms with Crippen LogP contribution in [0.4, 0.5) is 0 Å². The molecule has 0 atom stereocenters. The molecule has 78 valence electrons. The van der Waals surface area contributed by atoms with Gasteiger partial charge in [0.25, 0.3) is 0 Å². The van der Waals surface area contributed by atoms with Crippen LogP contribution in [0.5, 0.6) is 0 Å². The lowest BCUT2D eigenvalue weighted by atomic mass is 10.4. The second-order valence-corrected chi connectivity index (χ2v) is 2.99. The van der Waals surface area contributed by atoms with E-state index in [0.29, 0.717) is 13.1 Å². The van der Waals surface area contributed by atoms with E-state index in [0.717, 1.165) is 18.8 Å². The average Bonchev–Trinajstić information content (AvgIpc) is 2.68. The normalized spacial score (nSPS) is 10.1. The molecular weight excluding hydrogens is 180 g/mol. The van der Waals surface area contributed by atoms with Gasteiger partial charge in [-0.2, -0.15) is 0 Å². The van der Waals surface area contributed by atoms with Crippen molar-refractivity contribution < 1.29 is 4.79 Å². The maximum atomic E-state index is 11.2. The second-order valence-electron chi connectivity index (χ2n) is 2.99. The summed E-state index contributed by atoms with van der Waals surface area (Å²) in [6.45, 7) is 3.76. The molecule has 0 saturated carbocycles. The molecule has 5 heteroatoms. The number of rotatable bonds is 6. The molecule has 0 radical (unpaired) electrons. The van der Waals surface area contributed by atoms with Crippen molar-refractivity contribution in [3.8, 4) is 0 Å². The third-order valence-corrected chi connectivity index (χ3v) is 1.72. The Kier molecular flexibility index (Phi) is 4.71. The van der Waals surface area contributed by atoms with Crippen molar-refractivity contribution in [2.45, 2.75) is 19.9 Å². The highest BCUT2D eigenvalue weighted by Gasteiger charge is 2.00. The Morgan fingerprint density at radius 3 is 3.14 bits per heavy atom. The summed E-state index contributed by atoms with van der Waals surface area (Å²) in [5, 5.41) is 5.77. The number of carbonyl (C=O) groups excluding carboxylic acids is 1. The number of hydrogen-bond donors (Lipinski definition) is 3. The van der Waals surface area contributed by atoms with Crippen LogP contribution in [0.3, 0.4) is 0 Å². The van der Waals surface area contributed by atoms with Crippen molar-refractivity contribution in [1.82, 2.24) is 20.6 Å². The third kappa shape index (κ3) is 4.04. The fourth-order valence-corrected chi connectivity index (χ4v) is 1.02. The minimum atomic E-state index is -0.00477. The molecule has 0 aliphatic heterocycles. The summed E-state index contributed by atoms with van der Waals surface area (Å²) in [6, 6.07) is 0. The Morgan fingerprint density at radius 1 is 1.64 bits per heavy atom. The third-order valence-electron chi connectivity index (χ3n) is 1.72. The predicted molar refractivity (Wildman–Crippen MR) is 53.6 cm³/mol. The van der Waals surface area contributed by atoms with Crippen LogP contribution < -0.4 is 10.6 Å². The molecule has 0 aliphatic rings. The largest absolute Gasteiger partial charge is 0.348 e. The van der Waals surface area contributed by atoms with Gasteiger partial charge in [-0.05, 0) is 13.0 Å². The van der Waals surface area contributed by atoms with E-state index in [-0.39, 0.29) is 5.91 Å². The van der Waals surface area contributed by atoms with Crippen molar-refractivity contribution >= 4 is 5.91 Å². The number of nitrogens with zero attached hydrogens (tertiary/aromatic N) is 1. The summed E-state index contributed by atoms with van der Waals surface area (Å²) >= 11 is 0. The van der Waals surface area contributed by atoms with E-state index in [9.17, 15) is 4.79 Å². The van der Waals surface area contributed by atoms with Crippen LogP contribution in [0, 0.1) is 0 Å². The molecule has 0 saturated heterocycles. The lowest BCUT2D eigenvalue weighted by Crippen LogP contribution is -2.33. The van der Waals surface area contributed by atoms with Crippen LogP contribution in [0.1, 0.15) is 19.2 Å². The van der Waals surface area contributed by atoms with Gasteiger partial charge in [0, 0.05) is 12.4 Å². The lowest BCUT2D eigenvalue weighted by molar-refractivity contribution is -0.120. The lowest BCUT2D eigenvalue weighted by Gasteiger charge is -2.03. The monoisotopic (exact) mass is 196 g/mol. The summed E-state index contributed by atoms with van der Waals surface area (Å²) < 4.78 is 0. The van der Waals surface area contributed by atoms with Crippen LogP contribution in [0.15, 0.2) is 12.4 Å². The highest BCUT2D eigenvalue weighted by atomic mass is 16.1. The fourth-order valence-electron chi connectivity index (χ4n) is 1.02. The first-order valence-corrected chi connectivity index (χ1v) is 4.78. The molecule has 1 rings (SSSR count). The van der Waals surface area contributed by atoms with Crippen molar-refractivity contribution in [3.63, 3.8) is 0 Å². The standard InChI is InChI=1S/C9H16N4O/c1-2-3-10-7-9(14)13-6-8-11-4-5-12-8/h4-5,10H,2-3,6-7H2,1H3,(H,11,12)(H,13,14). The van der Waals surface area contributed by atoms with Gasteiger partial charge in [0.2, 0.25) is 5.91 Å². The number of imidazole rings is 1. The summed E-state index contributed by atoms with van der Waals surface area (Å²) in [5.74, 6) is 0.767. The number of aromatic nitrogens is 2. The number of aromatic amines is 1. The second kappa shape index (κ2) is 6.15. The maximum absolute atomic E-state index is 11.2. The molecule has 5 nitrogen and oxygen atoms in total. The average molecular weight is 196 g/mol. The van der Waals surface area contributed by atoms with Crippen LogP contribution in [-0.2, 0) is 11.3 Å². The number of nitrogens with one attached hydrogen (secondary N) is 3. The van der Waals surface area contributed by atoms with Crippen molar-refractivity contribution in [2.24, 2.45) is 0 Å². The smallest absolute Gasteiger partial charge is 0.234 e. The number of amides is 1. The van der Waals surface area contributed by atoms with Gasteiger partial charge < -0.3 is 15.6 Å². The molecule has 1 aromatic heterocycles. The summed E-state index contributed by atoms with van der Waals surface area (Å²) in [4.78, 5) is 18.1. The number of carbonyl (C=O) groups is 1. The van der Waals surface area contributed by atoms with E-state index >= 15 is 0 Å². The van der Waals surface area contributed by atoms with Gasteiger partial charge in [0.1, 0.15) is 5.82 Å². The van der Waals surface area contributed by atoms with E-state index in [1.165, 1.54) is 0 Å². The first kappa shape index (κ1) is 10.7. The first-order chi connectivity index (χ1) is 6.83. The van der Waals surface area contributed by atoms with Crippen LogP contribution in [-0.4, -0.2) is 29.0 Å². The van der Waals surface area contributed by atoms with Crippen molar-refractivity contribution in [2.75, 3.05) is 13.1 Å². The molecule has 0 fully saturated rings. The zero-order valence-electron chi connectivity index (χ0n) is 8.34. The fraction of sp³-hybridized carbons (Fsp3) is 0.556. The molecule has 1 aromatic rings. The highest BCUT2D eigenvalue weighted by molar-refractivity contribution is 5.77. The van der Waals surface area contributed by atoms with Gasteiger partial charge in [-0.3, -0.25) is 4.79 Å². The van der Waals surface area contributed by atoms with Crippen LogP contribution in [0.2, 0.25) is 0 Å². The number of hydrogen-bond acceptors (Lipinski definition) is 3. The summed E-state index contributed by atoms with van der Waals surface area (Å²) in [7, 11) is 0. The number of H-pyrrole nitrogens is 1. The van der Waals surface area contributed by atoms with Gasteiger partial charge in [-0.25, -0.2) is 4.98 Å². The minimum absolute atomic E-state index is 0.00477. The molecule has 0 aliphatic carbocycles. The minimum Gasteiger partial charge on any atom is -0.348 e. The zero-order chi connectivity index (χ0) is 10.2. The van der Waals surface area contributed by atoms with Gasteiger partial charge in [0.05, 0.1) is 13.1 Å². The van der Waals surface area contributed by atoms with Gasteiger partial charge >= 0.3 is 0 Å².